The highest BCUT2D eigenvalue weighted by Gasteiger charge is 2.25. The van der Waals surface area contributed by atoms with Crippen molar-refractivity contribution in [2.45, 2.75) is 44.2 Å². The third-order valence-electron chi connectivity index (χ3n) is 3.36. The summed E-state index contributed by atoms with van der Waals surface area (Å²) in [7, 11) is 0. The lowest BCUT2D eigenvalue weighted by atomic mass is 10.2. The van der Waals surface area contributed by atoms with Gasteiger partial charge in [0.15, 0.2) is 0 Å². The molecule has 1 saturated carbocycles. The summed E-state index contributed by atoms with van der Waals surface area (Å²) in [6.07, 6.45) is 5.46. The van der Waals surface area contributed by atoms with Crippen molar-refractivity contribution in [1.82, 2.24) is 15.5 Å². The molecule has 16 heavy (non-hydrogen) atoms. The molecule has 1 aromatic heterocycles. The standard InChI is InChI=1S/C12H19N3O/c1-2-11(16-5-1)8-13-7-10-6-12(15-14-10)9-3-4-9/h6,9,11,13H,1-5,7-8H2,(H,14,15). The Bertz CT molecular complexity index is 340. The van der Waals surface area contributed by atoms with Crippen molar-refractivity contribution < 1.29 is 4.74 Å². The lowest BCUT2D eigenvalue weighted by Crippen LogP contribution is -2.25. The molecule has 1 unspecified atom stereocenters. The number of H-pyrrole nitrogens is 1. The molecule has 88 valence electrons. The van der Waals surface area contributed by atoms with Gasteiger partial charge in [-0.3, -0.25) is 5.10 Å². The van der Waals surface area contributed by atoms with Crippen molar-refractivity contribution in [3.8, 4) is 0 Å². The zero-order valence-corrected chi connectivity index (χ0v) is 9.54. The summed E-state index contributed by atoms with van der Waals surface area (Å²) in [5.74, 6) is 0.739. The summed E-state index contributed by atoms with van der Waals surface area (Å²) in [6, 6.07) is 2.19. The fourth-order valence-corrected chi connectivity index (χ4v) is 2.23. The van der Waals surface area contributed by atoms with Gasteiger partial charge in [0.05, 0.1) is 11.8 Å². The zero-order chi connectivity index (χ0) is 10.8. The molecule has 2 heterocycles. The Morgan fingerprint density at radius 2 is 2.38 bits per heavy atom. The Balaban J connectivity index is 1.42. The van der Waals surface area contributed by atoms with Crippen LogP contribution in [-0.2, 0) is 11.3 Å². The van der Waals surface area contributed by atoms with E-state index in [4.69, 9.17) is 4.74 Å². The highest BCUT2D eigenvalue weighted by atomic mass is 16.5. The van der Waals surface area contributed by atoms with E-state index >= 15 is 0 Å². The summed E-state index contributed by atoms with van der Waals surface area (Å²) >= 11 is 0. The van der Waals surface area contributed by atoms with E-state index in [9.17, 15) is 0 Å². The van der Waals surface area contributed by atoms with Gasteiger partial charge in [0.2, 0.25) is 0 Å². The lowest BCUT2D eigenvalue weighted by Gasteiger charge is -2.09. The first-order valence-electron chi connectivity index (χ1n) is 6.28. The van der Waals surface area contributed by atoms with E-state index in [1.807, 2.05) is 0 Å². The van der Waals surface area contributed by atoms with Crippen LogP contribution >= 0.6 is 0 Å². The number of aromatic nitrogens is 2. The van der Waals surface area contributed by atoms with E-state index in [0.29, 0.717) is 6.10 Å². The van der Waals surface area contributed by atoms with Gasteiger partial charge in [0.1, 0.15) is 0 Å². The first-order chi connectivity index (χ1) is 7.92. The van der Waals surface area contributed by atoms with Crippen LogP contribution in [0.1, 0.15) is 43.0 Å². The highest BCUT2D eigenvalue weighted by Crippen LogP contribution is 2.38. The number of hydrogen-bond donors (Lipinski definition) is 2. The van der Waals surface area contributed by atoms with Crippen LogP contribution in [-0.4, -0.2) is 29.5 Å². The topological polar surface area (TPSA) is 49.9 Å². The molecule has 1 aliphatic heterocycles. The molecule has 2 N–H and O–H groups in total. The minimum absolute atomic E-state index is 0.422. The van der Waals surface area contributed by atoms with Gasteiger partial charge in [-0.25, -0.2) is 0 Å². The van der Waals surface area contributed by atoms with Gasteiger partial charge < -0.3 is 10.1 Å². The molecule has 2 fully saturated rings. The van der Waals surface area contributed by atoms with Gasteiger partial charge >= 0.3 is 0 Å². The van der Waals surface area contributed by atoms with Crippen LogP contribution in [0.5, 0.6) is 0 Å². The smallest absolute Gasteiger partial charge is 0.0700 e. The Kier molecular flexibility index (Phi) is 2.93. The lowest BCUT2D eigenvalue weighted by molar-refractivity contribution is 0.110. The molecule has 2 aliphatic rings. The maximum absolute atomic E-state index is 5.56. The van der Waals surface area contributed by atoms with Crippen molar-refractivity contribution in [1.29, 1.82) is 0 Å². The number of ether oxygens (including phenoxy) is 1. The van der Waals surface area contributed by atoms with Gasteiger partial charge in [-0.05, 0) is 31.7 Å². The molecule has 1 aromatic rings. The number of nitrogens with zero attached hydrogens (tertiary/aromatic N) is 1. The quantitative estimate of drug-likeness (QED) is 0.793. The van der Waals surface area contributed by atoms with Crippen molar-refractivity contribution in [2.75, 3.05) is 13.2 Å². The number of hydrogen-bond acceptors (Lipinski definition) is 3. The Labute approximate surface area is 95.8 Å². The van der Waals surface area contributed by atoms with Crippen molar-refractivity contribution >= 4 is 0 Å². The third kappa shape index (κ3) is 2.44. The van der Waals surface area contributed by atoms with Crippen molar-refractivity contribution in [2.24, 2.45) is 0 Å². The maximum Gasteiger partial charge on any atom is 0.0700 e. The third-order valence-corrected chi connectivity index (χ3v) is 3.36. The Morgan fingerprint density at radius 1 is 1.44 bits per heavy atom. The molecular formula is C12H19N3O. The summed E-state index contributed by atoms with van der Waals surface area (Å²) in [6.45, 7) is 2.76. The maximum atomic E-state index is 5.56. The zero-order valence-electron chi connectivity index (χ0n) is 9.54. The normalized spacial score (nSPS) is 25.1. The van der Waals surface area contributed by atoms with Crippen LogP contribution in [0.15, 0.2) is 6.07 Å². The van der Waals surface area contributed by atoms with E-state index in [1.54, 1.807) is 0 Å². The van der Waals surface area contributed by atoms with E-state index < -0.39 is 0 Å². The van der Waals surface area contributed by atoms with Crippen LogP contribution in [0, 0.1) is 0 Å². The van der Waals surface area contributed by atoms with Gasteiger partial charge in [-0.15, -0.1) is 0 Å². The van der Waals surface area contributed by atoms with E-state index in [2.05, 4.69) is 21.6 Å². The first kappa shape index (κ1) is 10.3. The second kappa shape index (κ2) is 4.55. The van der Waals surface area contributed by atoms with E-state index in [1.165, 1.54) is 37.1 Å². The SMILES string of the molecule is c1c(C2CC2)n[nH]c1CNCC1CCCO1. The summed E-state index contributed by atoms with van der Waals surface area (Å²) < 4.78 is 5.56. The van der Waals surface area contributed by atoms with Crippen LogP contribution in [0.25, 0.3) is 0 Å². The second-order valence-corrected chi connectivity index (χ2v) is 4.86. The van der Waals surface area contributed by atoms with Gasteiger partial charge in [-0.2, -0.15) is 5.10 Å². The van der Waals surface area contributed by atoms with Crippen LogP contribution in [0.2, 0.25) is 0 Å². The molecule has 1 aliphatic carbocycles. The van der Waals surface area contributed by atoms with Crippen molar-refractivity contribution in [3.63, 3.8) is 0 Å². The average molecular weight is 221 g/mol. The minimum Gasteiger partial charge on any atom is -0.377 e. The molecule has 0 radical (unpaired) electrons. The number of nitrogens with one attached hydrogen (secondary N) is 2. The van der Waals surface area contributed by atoms with Gasteiger partial charge in [-0.1, -0.05) is 0 Å². The van der Waals surface area contributed by atoms with Crippen molar-refractivity contribution in [3.05, 3.63) is 17.5 Å². The predicted octanol–water partition coefficient (Wildman–Crippen LogP) is 1.56. The molecule has 4 heteroatoms. The molecule has 1 atom stereocenters. The summed E-state index contributed by atoms with van der Waals surface area (Å²) in [5, 5.41) is 10.9. The fourth-order valence-electron chi connectivity index (χ4n) is 2.23. The molecule has 0 amide bonds. The van der Waals surface area contributed by atoms with E-state index in [0.717, 1.165) is 25.6 Å². The largest absolute Gasteiger partial charge is 0.377 e. The van der Waals surface area contributed by atoms with Gasteiger partial charge in [0, 0.05) is 31.3 Å². The minimum atomic E-state index is 0.422. The molecule has 0 bridgehead atoms. The molecular weight excluding hydrogens is 202 g/mol. The fraction of sp³-hybridized carbons (Fsp3) is 0.750. The summed E-state index contributed by atoms with van der Waals surface area (Å²) in [4.78, 5) is 0. The number of aromatic amines is 1. The predicted molar refractivity (Wildman–Crippen MR) is 61.2 cm³/mol. The first-order valence-corrected chi connectivity index (χ1v) is 6.28. The summed E-state index contributed by atoms with van der Waals surface area (Å²) in [5.41, 5.74) is 2.44. The Morgan fingerprint density at radius 3 is 3.12 bits per heavy atom. The molecule has 1 saturated heterocycles. The second-order valence-electron chi connectivity index (χ2n) is 4.86. The number of rotatable bonds is 5. The van der Waals surface area contributed by atoms with Gasteiger partial charge in [0.25, 0.3) is 0 Å². The Hall–Kier alpha value is -0.870. The molecule has 4 nitrogen and oxygen atoms in total. The molecule has 3 rings (SSSR count). The van der Waals surface area contributed by atoms with Crippen LogP contribution in [0.3, 0.4) is 0 Å². The monoisotopic (exact) mass is 221 g/mol. The molecule has 0 spiro atoms. The highest BCUT2D eigenvalue weighted by molar-refractivity contribution is 5.17. The average Bonchev–Trinajstić information content (AvgIpc) is 2.83. The van der Waals surface area contributed by atoms with E-state index in [-0.39, 0.29) is 0 Å². The van der Waals surface area contributed by atoms with Crippen LogP contribution < -0.4 is 5.32 Å². The van der Waals surface area contributed by atoms with Crippen LogP contribution in [0.4, 0.5) is 0 Å². The molecule has 0 aromatic carbocycles.